The molecule has 1 heterocycles. The van der Waals surface area contributed by atoms with Gasteiger partial charge < -0.3 is 0 Å². The molecular formula is C17H33IN-. The monoisotopic (exact) mass is 378 g/mol. The number of hydrogen-bond donors (Lipinski definition) is 0. The molecule has 114 valence electrons. The molecular weight excluding hydrogens is 345 g/mol. The molecule has 1 unspecified atom stereocenters. The Balaban J connectivity index is 1.61. The molecule has 1 saturated heterocycles. The van der Waals surface area contributed by atoms with Crippen LogP contribution in [0.1, 0.15) is 65.2 Å². The molecule has 0 N–H and O–H groups in total. The summed E-state index contributed by atoms with van der Waals surface area (Å²) in [6, 6.07) is 1.01. The van der Waals surface area contributed by atoms with Gasteiger partial charge in [0.2, 0.25) is 0 Å². The van der Waals surface area contributed by atoms with Crippen LogP contribution in [-0.2, 0) is 0 Å². The summed E-state index contributed by atoms with van der Waals surface area (Å²) in [5.74, 6) is 2.02. The second-order valence-corrected chi connectivity index (χ2v) is 17.5. The van der Waals surface area contributed by atoms with E-state index in [0.29, 0.717) is 0 Å². The molecule has 0 spiro atoms. The Labute approximate surface area is 124 Å². The Morgan fingerprint density at radius 2 is 1.32 bits per heavy atom. The van der Waals surface area contributed by atoms with Gasteiger partial charge in [0.05, 0.1) is 0 Å². The fourth-order valence-corrected chi connectivity index (χ4v) is 14.7. The van der Waals surface area contributed by atoms with E-state index in [2.05, 4.69) is 21.9 Å². The van der Waals surface area contributed by atoms with Crippen molar-refractivity contribution in [3.8, 4) is 0 Å². The van der Waals surface area contributed by atoms with Crippen LogP contribution in [0.5, 0.6) is 0 Å². The number of hydrogen-bond acceptors (Lipinski definition) is 1. The average molecular weight is 378 g/mol. The van der Waals surface area contributed by atoms with E-state index >= 15 is 0 Å². The van der Waals surface area contributed by atoms with Crippen LogP contribution in [0.15, 0.2) is 0 Å². The summed E-state index contributed by atoms with van der Waals surface area (Å²) in [6.45, 7) is 6.39. The van der Waals surface area contributed by atoms with Crippen molar-refractivity contribution in [2.45, 2.75) is 75.2 Å². The molecule has 3 rings (SSSR count). The van der Waals surface area contributed by atoms with Crippen LogP contribution >= 0.6 is 0 Å². The second-order valence-electron chi connectivity index (χ2n) is 7.61. The van der Waals surface area contributed by atoms with Crippen LogP contribution in [0, 0.1) is 11.8 Å². The van der Waals surface area contributed by atoms with Gasteiger partial charge in [-0.25, -0.2) is 0 Å². The van der Waals surface area contributed by atoms with E-state index in [1.54, 1.807) is 17.3 Å². The molecule has 19 heavy (non-hydrogen) atoms. The SMILES string of the molecule is CC1CCC(N2CC[I-]2(C)C2CCC(C)CC2)CC1. The third-order valence-corrected chi connectivity index (χ3v) is 18.0. The fourth-order valence-electron chi connectivity index (χ4n) is 4.49. The van der Waals surface area contributed by atoms with E-state index in [-0.39, 0.29) is 0 Å². The van der Waals surface area contributed by atoms with Crippen molar-refractivity contribution in [3.63, 3.8) is 0 Å². The van der Waals surface area contributed by atoms with Crippen LogP contribution in [0.3, 0.4) is 0 Å². The van der Waals surface area contributed by atoms with Gasteiger partial charge in [0.1, 0.15) is 0 Å². The van der Waals surface area contributed by atoms with Gasteiger partial charge in [-0.3, -0.25) is 0 Å². The molecule has 3 fully saturated rings. The summed E-state index contributed by atoms with van der Waals surface area (Å²) in [6.07, 6.45) is 12.2. The fraction of sp³-hybridized carbons (Fsp3) is 1.00. The Bertz CT molecular complexity index is 302. The van der Waals surface area contributed by atoms with E-state index < -0.39 is 18.7 Å². The van der Waals surface area contributed by atoms with Crippen LogP contribution < -0.4 is 18.7 Å². The van der Waals surface area contributed by atoms with E-state index in [1.165, 1.54) is 49.0 Å². The first-order valence-electron chi connectivity index (χ1n) is 8.53. The zero-order valence-electron chi connectivity index (χ0n) is 13.2. The van der Waals surface area contributed by atoms with Crippen molar-refractivity contribution in [3.05, 3.63) is 0 Å². The van der Waals surface area contributed by atoms with Gasteiger partial charge in [-0.1, -0.05) is 0 Å². The van der Waals surface area contributed by atoms with E-state index in [0.717, 1.165) is 17.9 Å². The van der Waals surface area contributed by atoms with Crippen molar-refractivity contribution < 1.29 is 18.7 Å². The van der Waals surface area contributed by atoms with Crippen LogP contribution in [0.4, 0.5) is 0 Å². The summed E-state index contributed by atoms with van der Waals surface area (Å²) in [7, 11) is 0. The minimum absolute atomic E-state index is 1.01. The zero-order valence-corrected chi connectivity index (χ0v) is 15.4. The first-order valence-corrected chi connectivity index (χ1v) is 14.4. The van der Waals surface area contributed by atoms with Crippen LogP contribution in [0.25, 0.3) is 0 Å². The standard InChI is InChI=1S/C17H33IN/c1-14-4-8-16(9-5-14)18(3)12-13-19(18)17-10-6-15(2)7-11-17/h14-17H,4-13H2,1-3H3/q-1. The van der Waals surface area contributed by atoms with Crippen molar-refractivity contribution in [2.75, 3.05) is 15.9 Å². The maximum absolute atomic E-state index is 3.11. The van der Waals surface area contributed by atoms with Crippen molar-refractivity contribution in [2.24, 2.45) is 11.8 Å². The number of nitrogens with zero attached hydrogens (tertiary/aromatic N) is 1. The van der Waals surface area contributed by atoms with Gasteiger partial charge in [-0.15, -0.1) is 0 Å². The quantitative estimate of drug-likeness (QED) is 0.396. The average Bonchev–Trinajstić information content (AvgIpc) is 2.40. The molecule has 3 aliphatic rings. The number of alkyl halides is 3. The first kappa shape index (κ1) is 14.6. The summed E-state index contributed by atoms with van der Waals surface area (Å²) >= 11 is -1.51. The summed E-state index contributed by atoms with van der Waals surface area (Å²) in [5.41, 5.74) is 0. The maximum atomic E-state index is 3.11. The molecule has 0 aromatic heterocycles. The molecule has 1 aliphatic heterocycles. The van der Waals surface area contributed by atoms with Crippen molar-refractivity contribution in [1.29, 1.82) is 0 Å². The number of halogens is 1. The Morgan fingerprint density at radius 1 is 0.789 bits per heavy atom. The van der Waals surface area contributed by atoms with Crippen LogP contribution in [-0.4, -0.2) is 29.0 Å². The minimum atomic E-state index is -1.51. The summed E-state index contributed by atoms with van der Waals surface area (Å²) in [4.78, 5) is 2.77. The van der Waals surface area contributed by atoms with E-state index in [1.807, 2.05) is 0 Å². The predicted molar refractivity (Wildman–Crippen MR) is 80.3 cm³/mol. The van der Waals surface area contributed by atoms with Gasteiger partial charge in [0.15, 0.2) is 0 Å². The molecule has 2 saturated carbocycles. The Kier molecular flexibility index (Phi) is 4.48. The van der Waals surface area contributed by atoms with Gasteiger partial charge in [-0.05, 0) is 0 Å². The van der Waals surface area contributed by atoms with Crippen molar-refractivity contribution in [1.82, 2.24) is 3.11 Å². The predicted octanol–water partition coefficient (Wildman–Crippen LogP) is 1.16. The molecule has 0 aromatic carbocycles. The normalized spacial score (nSPS) is 52.2. The Morgan fingerprint density at radius 3 is 1.79 bits per heavy atom. The topological polar surface area (TPSA) is 3.24 Å². The molecule has 0 aromatic rings. The molecule has 0 amide bonds. The van der Waals surface area contributed by atoms with Gasteiger partial charge in [0.25, 0.3) is 0 Å². The summed E-state index contributed by atoms with van der Waals surface area (Å²) < 4.78 is 5.94. The molecule has 0 radical (unpaired) electrons. The summed E-state index contributed by atoms with van der Waals surface area (Å²) in [5, 5.41) is 0. The van der Waals surface area contributed by atoms with Gasteiger partial charge >= 0.3 is 125 Å². The third kappa shape index (κ3) is 2.86. The van der Waals surface area contributed by atoms with Crippen LogP contribution in [0.2, 0.25) is 0 Å². The first-order chi connectivity index (χ1) is 9.09. The Hall–Kier alpha value is 0.690. The molecule has 1 nitrogen and oxygen atoms in total. The second kappa shape index (κ2) is 5.82. The molecule has 1 atom stereocenters. The van der Waals surface area contributed by atoms with E-state index in [4.69, 9.17) is 0 Å². The molecule has 2 heteroatoms. The van der Waals surface area contributed by atoms with Gasteiger partial charge in [-0.2, -0.15) is 0 Å². The van der Waals surface area contributed by atoms with E-state index in [9.17, 15) is 0 Å². The third-order valence-electron chi connectivity index (χ3n) is 6.17. The van der Waals surface area contributed by atoms with Crippen molar-refractivity contribution >= 4 is 0 Å². The number of rotatable bonds is 2. The zero-order chi connectivity index (χ0) is 13.5. The molecule has 2 aliphatic carbocycles. The molecule has 0 bridgehead atoms. The van der Waals surface area contributed by atoms with Gasteiger partial charge in [0, 0.05) is 0 Å².